The third-order valence-corrected chi connectivity index (χ3v) is 9.74. The lowest BCUT2D eigenvalue weighted by molar-refractivity contribution is 0.224. The summed E-state index contributed by atoms with van der Waals surface area (Å²) in [4.78, 5) is 5.03. The van der Waals surface area contributed by atoms with Gasteiger partial charge in [0.05, 0.1) is 11.1 Å². The van der Waals surface area contributed by atoms with Crippen molar-refractivity contribution in [2.75, 3.05) is 0 Å². The molecular formula is C40H45NO. The minimum absolute atomic E-state index is 0.120. The number of hydrogen-bond donors (Lipinski definition) is 0. The molecular weight excluding hydrogens is 510 g/mol. The molecule has 216 valence electrons. The second-order valence-corrected chi connectivity index (χ2v) is 15.6. The summed E-state index contributed by atoms with van der Waals surface area (Å²) in [6, 6.07) is 21.0. The highest BCUT2D eigenvalue weighted by Crippen LogP contribution is 2.52. The number of nitrogens with zero attached hydrogens (tertiary/aromatic N) is 1. The number of aromatic nitrogens is 1. The summed E-state index contributed by atoms with van der Waals surface area (Å²) >= 11 is 0. The summed E-state index contributed by atoms with van der Waals surface area (Å²) in [6.45, 7) is 16.4. The van der Waals surface area contributed by atoms with Crippen molar-refractivity contribution < 1.29 is 4.74 Å². The minimum Gasteiger partial charge on any atom is -0.456 e. The number of hydrogen-bond acceptors (Lipinski definition) is 2. The van der Waals surface area contributed by atoms with Gasteiger partial charge in [0.2, 0.25) is 0 Å². The van der Waals surface area contributed by atoms with Crippen LogP contribution in [0.25, 0.3) is 43.6 Å². The number of pyridine rings is 1. The van der Waals surface area contributed by atoms with Crippen LogP contribution in [0, 0.1) is 16.7 Å². The van der Waals surface area contributed by atoms with Gasteiger partial charge >= 0.3 is 0 Å². The highest BCUT2D eigenvalue weighted by molar-refractivity contribution is 6.16. The Morgan fingerprint density at radius 1 is 0.881 bits per heavy atom. The van der Waals surface area contributed by atoms with Crippen LogP contribution in [0.1, 0.15) is 96.8 Å². The van der Waals surface area contributed by atoms with Crippen LogP contribution in [0.4, 0.5) is 0 Å². The molecule has 42 heavy (non-hydrogen) atoms. The first-order valence-corrected chi connectivity index (χ1v) is 16.1. The molecule has 0 spiro atoms. The van der Waals surface area contributed by atoms with Crippen LogP contribution >= 0.6 is 0 Å². The van der Waals surface area contributed by atoms with Gasteiger partial charge in [-0.15, -0.1) is 0 Å². The zero-order valence-electron chi connectivity index (χ0n) is 26.5. The van der Waals surface area contributed by atoms with Crippen molar-refractivity contribution in [2.45, 2.75) is 92.9 Å². The molecule has 1 saturated carbocycles. The maximum atomic E-state index is 7.01. The van der Waals surface area contributed by atoms with E-state index in [-0.39, 0.29) is 5.41 Å². The summed E-state index contributed by atoms with van der Waals surface area (Å²) in [6.07, 6.45) is 9.18. The molecule has 0 saturated heterocycles. The lowest BCUT2D eigenvalue weighted by Crippen LogP contribution is -2.20. The Labute approximate surface area is 251 Å². The lowest BCUT2D eigenvalue weighted by Gasteiger charge is -2.34. The topological polar surface area (TPSA) is 22.1 Å². The van der Waals surface area contributed by atoms with Crippen LogP contribution in [0.15, 0.2) is 60.8 Å². The maximum absolute atomic E-state index is 7.01. The average molecular weight is 556 g/mol. The Morgan fingerprint density at radius 2 is 1.62 bits per heavy atom. The molecule has 0 N–H and O–H groups in total. The van der Waals surface area contributed by atoms with Crippen LogP contribution in [-0.4, -0.2) is 4.98 Å². The van der Waals surface area contributed by atoms with Gasteiger partial charge in [-0.1, -0.05) is 84.9 Å². The standard InChI is InChI=1S/C40H45NO/c1-24(2)18-25-8-10-31-28(19-25)21-33-37-36-32(14-17-41-37)30-11-9-27(26-12-15-40(6,7)16-13-26)20-29(30)22-35(36)42-38(33)34(31)23-39(3,4)5/h8-11,14,17,19-22,24,26H,12-13,15-16,18,23H2,1-7H3. The van der Waals surface area contributed by atoms with E-state index in [9.17, 15) is 0 Å². The van der Waals surface area contributed by atoms with Crippen LogP contribution in [0.5, 0.6) is 11.5 Å². The minimum atomic E-state index is 0.120. The fourth-order valence-electron chi connectivity index (χ4n) is 7.59. The van der Waals surface area contributed by atoms with Crippen molar-refractivity contribution in [2.24, 2.45) is 16.7 Å². The van der Waals surface area contributed by atoms with E-state index >= 15 is 0 Å². The summed E-state index contributed by atoms with van der Waals surface area (Å²) in [5.41, 5.74) is 6.95. The molecule has 0 unspecified atom stereocenters. The first kappa shape index (κ1) is 27.4. The van der Waals surface area contributed by atoms with Crippen molar-refractivity contribution in [3.05, 3.63) is 77.5 Å². The zero-order valence-corrected chi connectivity index (χ0v) is 26.5. The molecule has 5 aromatic rings. The monoisotopic (exact) mass is 555 g/mol. The van der Waals surface area contributed by atoms with Gasteiger partial charge < -0.3 is 4.74 Å². The highest BCUT2D eigenvalue weighted by atomic mass is 16.5. The van der Waals surface area contributed by atoms with Crippen molar-refractivity contribution in [1.82, 2.24) is 4.98 Å². The predicted octanol–water partition coefficient (Wildman–Crippen LogP) is 11.8. The summed E-state index contributed by atoms with van der Waals surface area (Å²) < 4.78 is 7.01. The Hall–Kier alpha value is -3.39. The number of benzene rings is 4. The average Bonchev–Trinajstić information content (AvgIpc) is 2.92. The number of rotatable bonds is 4. The van der Waals surface area contributed by atoms with E-state index < -0.39 is 0 Å². The van der Waals surface area contributed by atoms with Gasteiger partial charge in [-0.3, -0.25) is 4.98 Å². The Bertz CT molecular complexity index is 1840. The van der Waals surface area contributed by atoms with Gasteiger partial charge in [0, 0.05) is 17.3 Å². The molecule has 1 fully saturated rings. The van der Waals surface area contributed by atoms with Crippen LogP contribution in [0.2, 0.25) is 0 Å². The van der Waals surface area contributed by atoms with Crippen molar-refractivity contribution in [3.63, 3.8) is 0 Å². The smallest absolute Gasteiger partial charge is 0.140 e. The molecule has 4 aromatic carbocycles. The SMILES string of the molecule is CC(C)Cc1ccc2c(CC(C)(C)C)c3c(cc2c1)-c1nccc2c1c(cc1cc(C4CCC(C)(C)CC4)ccc12)O3. The summed E-state index contributed by atoms with van der Waals surface area (Å²) in [7, 11) is 0. The van der Waals surface area contributed by atoms with Crippen molar-refractivity contribution >= 4 is 32.3 Å². The summed E-state index contributed by atoms with van der Waals surface area (Å²) in [5.74, 6) is 3.21. The highest BCUT2D eigenvalue weighted by Gasteiger charge is 2.30. The van der Waals surface area contributed by atoms with E-state index in [1.807, 2.05) is 6.20 Å². The quantitative estimate of drug-likeness (QED) is 0.202. The van der Waals surface area contributed by atoms with Gasteiger partial charge in [0.1, 0.15) is 11.5 Å². The van der Waals surface area contributed by atoms with E-state index in [0.29, 0.717) is 17.3 Å². The fourth-order valence-corrected chi connectivity index (χ4v) is 7.59. The van der Waals surface area contributed by atoms with Gasteiger partial charge in [-0.25, -0.2) is 0 Å². The number of fused-ring (bicyclic) bond motifs is 5. The molecule has 0 atom stereocenters. The van der Waals surface area contributed by atoms with Crippen LogP contribution in [-0.2, 0) is 12.8 Å². The van der Waals surface area contributed by atoms with Crippen LogP contribution in [0.3, 0.4) is 0 Å². The molecule has 1 aliphatic heterocycles. The van der Waals surface area contributed by atoms with Gasteiger partial charge in [-0.05, 0) is 117 Å². The third-order valence-electron chi connectivity index (χ3n) is 9.74. The maximum Gasteiger partial charge on any atom is 0.140 e. The molecule has 7 rings (SSSR count). The normalized spacial score (nSPS) is 16.8. The molecule has 1 aromatic heterocycles. The molecule has 0 amide bonds. The van der Waals surface area contributed by atoms with Gasteiger partial charge in [-0.2, -0.15) is 0 Å². The third kappa shape index (κ3) is 4.87. The predicted molar refractivity (Wildman–Crippen MR) is 179 cm³/mol. The molecule has 0 bridgehead atoms. The second kappa shape index (κ2) is 9.83. The van der Waals surface area contributed by atoms with E-state index in [2.05, 4.69) is 103 Å². The van der Waals surface area contributed by atoms with Crippen molar-refractivity contribution in [1.29, 1.82) is 0 Å². The van der Waals surface area contributed by atoms with E-state index in [1.54, 1.807) is 0 Å². The zero-order chi connectivity index (χ0) is 29.4. The molecule has 2 heterocycles. The number of ether oxygens (including phenoxy) is 1. The largest absolute Gasteiger partial charge is 0.456 e. The second-order valence-electron chi connectivity index (χ2n) is 15.6. The van der Waals surface area contributed by atoms with Gasteiger partial charge in [0.15, 0.2) is 0 Å². The molecule has 2 aliphatic rings. The molecule has 1 aliphatic carbocycles. The van der Waals surface area contributed by atoms with Crippen molar-refractivity contribution in [3.8, 4) is 22.8 Å². The molecule has 0 radical (unpaired) electrons. The fraction of sp³-hybridized carbons (Fsp3) is 0.425. The summed E-state index contributed by atoms with van der Waals surface area (Å²) in [5, 5.41) is 7.54. The molecule has 2 heteroatoms. The van der Waals surface area contributed by atoms with E-state index in [4.69, 9.17) is 9.72 Å². The molecule has 2 nitrogen and oxygen atoms in total. The Balaban J connectivity index is 1.42. The lowest BCUT2D eigenvalue weighted by atomic mass is 9.71. The van der Waals surface area contributed by atoms with Gasteiger partial charge in [0.25, 0.3) is 0 Å². The van der Waals surface area contributed by atoms with E-state index in [0.717, 1.165) is 41.0 Å². The first-order chi connectivity index (χ1) is 20.0. The Kier molecular flexibility index (Phi) is 6.42. The van der Waals surface area contributed by atoms with E-state index in [1.165, 1.54) is 69.3 Å². The first-order valence-electron chi connectivity index (χ1n) is 16.1. The Morgan fingerprint density at radius 3 is 2.36 bits per heavy atom. The van der Waals surface area contributed by atoms with Crippen LogP contribution < -0.4 is 4.74 Å².